The van der Waals surface area contributed by atoms with E-state index in [9.17, 15) is 14.7 Å². The standard InChI is InChI=1S/C42H37N3O3S3/c1-2-44-40(48)39(51-42(44)49)41-43(26-38(46)47)25-32(50-41)22-28-18-21-37-35(24-28)33-14-9-15-36(33)45(37)31-19-16-27(17-20-31)23-34(29-10-5-3-6-11-29)30-12-7-4-8-13-30/h3-8,10-13,16-24,33,36H,2,9,14-15,25-26H2,1H3,(H,46,47)/b32-22+,41-39-. The number of amides is 1. The number of thiocarbonyl (C=S) groups is 1. The molecule has 3 aliphatic heterocycles. The van der Waals surface area contributed by atoms with Gasteiger partial charge in [0.1, 0.15) is 15.8 Å². The molecule has 0 aromatic heterocycles. The highest BCUT2D eigenvalue weighted by atomic mass is 32.2. The molecule has 6 nitrogen and oxygen atoms in total. The van der Waals surface area contributed by atoms with Gasteiger partial charge in [0.2, 0.25) is 0 Å². The SMILES string of the molecule is CCN1C(=O)/C(=C2/S/C(=C/c3ccc4c(c3)C3CCCC3N4c3ccc(C=C(c4ccccc4)c4ccccc4)cc3)CN2CC(=O)O)SC1=S. The summed E-state index contributed by atoms with van der Waals surface area (Å²) in [6.45, 7) is 2.65. The lowest BCUT2D eigenvalue weighted by Gasteiger charge is -2.27. The van der Waals surface area contributed by atoms with Crippen LogP contribution in [-0.2, 0) is 9.59 Å². The van der Waals surface area contributed by atoms with Gasteiger partial charge in [-0.15, -0.1) is 0 Å². The van der Waals surface area contributed by atoms with Crippen molar-refractivity contribution in [1.82, 2.24) is 9.80 Å². The van der Waals surface area contributed by atoms with Crippen LogP contribution >= 0.6 is 35.7 Å². The number of aliphatic carboxylic acids is 1. The molecule has 8 rings (SSSR count). The van der Waals surface area contributed by atoms with E-state index in [-0.39, 0.29) is 12.5 Å². The lowest BCUT2D eigenvalue weighted by molar-refractivity contribution is -0.137. The van der Waals surface area contributed by atoms with E-state index in [0.29, 0.717) is 39.3 Å². The molecule has 51 heavy (non-hydrogen) atoms. The topological polar surface area (TPSA) is 64.1 Å². The van der Waals surface area contributed by atoms with Crippen molar-refractivity contribution in [2.45, 2.75) is 38.1 Å². The number of fused-ring (bicyclic) bond motifs is 3. The summed E-state index contributed by atoms with van der Waals surface area (Å²) >= 11 is 8.20. The Bertz CT molecular complexity index is 2070. The summed E-state index contributed by atoms with van der Waals surface area (Å²) in [7, 11) is 0. The Kier molecular flexibility index (Phi) is 9.36. The van der Waals surface area contributed by atoms with Gasteiger partial charge in [-0.1, -0.05) is 121 Å². The number of hydrogen-bond acceptors (Lipinski definition) is 7. The van der Waals surface area contributed by atoms with Crippen molar-refractivity contribution >= 4 is 81.0 Å². The van der Waals surface area contributed by atoms with Crippen LogP contribution in [0.1, 0.15) is 59.9 Å². The second kappa shape index (κ2) is 14.2. The van der Waals surface area contributed by atoms with Gasteiger partial charge in [-0.2, -0.15) is 0 Å². The molecule has 1 saturated carbocycles. The highest BCUT2D eigenvalue weighted by Gasteiger charge is 2.42. The van der Waals surface area contributed by atoms with Gasteiger partial charge in [0.25, 0.3) is 5.91 Å². The number of carboxylic acid groups (broad SMARTS) is 1. The fourth-order valence-electron chi connectivity index (χ4n) is 7.79. The predicted octanol–water partition coefficient (Wildman–Crippen LogP) is 9.59. The Balaban J connectivity index is 1.08. The molecule has 3 fully saturated rings. The fraction of sp³-hybridized carbons (Fsp3) is 0.214. The Morgan fingerprint density at radius 2 is 1.59 bits per heavy atom. The number of likely N-dealkylation sites (N-methyl/N-ethyl adjacent to an activating group) is 1. The molecule has 9 heteroatoms. The highest BCUT2D eigenvalue weighted by Crippen LogP contribution is 2.53. The summed E-state index contributed by atoms with van der Waals surface area (Å²) < 4.78 is 0.517. The average Bonchev–Trinajstić information content (AvgIpc) is 3.91. The summed E-state index contributed by atoms with van der Waals surface area (Å²) in [5, 5.41) is 10.3. The number of benzene rings is 4. The zero-order valence-electron chi connectivity index (χ0n) is 28.2. The van der Waals surface area contributed by atoms with E-state index in [1.807, 2.05) is 6.92 Å². The monoisotopic (exact) mass is 727 g/mol. The van der Waals surface area contributed by atoms with Crippen molar-refractivity contribution in [3.63, 3.8) is 0 Å². The van der Waals surface area contributed by atoms with Crippen LogP contribution < -0.4 is 4.90 Å². The van der Waals surface area contributed by atoms with Gasteiger partial charge in [-0.05, 0) is 89.6 Å². The van der Waals surface area contributed by atoms with Crippen LogP contribution in [0.3, 0.4) is 0 Å². The Morgan fingerprint density at radius 1 is 0.902 bits per heavy atom. The summed E-state index contributed by atoms with van der Waals surface area (Å²) in [5.74, 6) is -0.609. The van der Waals surface area contributed by atoms with Gasteiger partial charge < -0.3 is 14.9 Å². The number of nitrogens with zero attached hydrogens (tertiary/aromatic N) is 3. The number of hydrogen-bond donors (Lipinski definition) is 1. The molecule has 256 valence electrons. The Labute approximate surface area is 312 Å². The molecule has 1 amide bonds. The lowest BCUT2D eigenvalue weighted by atomic mass is 9.95. The largest absolute Gasteiger partial charge is 0.480 e. The third kappa shape index (κ3) is 6.54. The Morgan fingerprint density at radius 3 is 2.24 bits per heavy atom. The molecule has 3 heterocycles. The summed E-state index contributed by atoms with van der Waals surface area (Å²) in [6.07, 6.45) is 7.95. The minimum atomic E-state index is -0.929. The van der Waals surface area contributed by atoms with E-state index in [4.69, 9.17) is 12.2 Å². The smallest absolute Gasteiger partial charge is 0.323 e. The fourth-order valence-corrected chi connectivity index (χ4v) is 10.5. The molecular weight excluding hydrogens is 691 g/mol. The molecule has 2 unspecified atom stereocenters. The first kappa shape index (κ1) is 33.6. The first-order valence-electron chi connectivity index (χ1n) is 17.4. The summed E-state index contributed by atoms with van der Waals surface area (Å²) in [5.41, 5.74) is 9.68. The number of anilines is 2. The van der Waals surface area contributed by atoms with Crippen LogP contribution in [-0.4, -0.2) is 56.8 Å². The number of thioether (sulfide) groups is 2. The number of carbonyl (C=O) groups excluding carboxylic acids is 1. The first-order valence-corrected chi connectivity index (χ1v) is 19.4. The quantitative estimate of drug-likeness (QED) is 0.109. The summed E-state index contributed by atoms with van der Waals surface area (Å²) in [4.78, 5) is 32.4. The molecule has 0 spiro atoms. The highest BCUT2D eigenvalue weighted by molar-refractivity contribution is 8.27. The van der Waals surface area contributed by atoms with Gasteiger partial charge in [0, 0.05) is 34.8 Å². The number of carboxylic acids is 1. The maximum absolute atomic E-state index is 13.1. The second-order valence-electron chi connectivity index (χ2n) is 13.2. The van der Waals surface area contributed by atoms with Crippen LogP contribution in [0.25, 0.3) is 17.7 Å². The van der Waals surface area contributed by atoms with Gasteiger partial charge in [0.15, 0.2) is 0 Å². The van der Waals surface area contributed by atoms with E-state index in [1.165, 1.54) is 63.6 Å². The molecule has 4 aromatic rings. The van der Waals surface area contributed by atoms with E-state index in [0.717, 1.165) is 28.9 Å². The van der Waals surface area contributed by atoms with E-state index >= 15 is 0 Å². The van der Waals surface area contributed by atoms with Crippen LogP contribution in [0.5, 0.6) is 0 Å². The molecule has 2 atom stereocenters. The van der Waals surface area contributed by atoms with E-state index in [1.54, 1.807) is 9.80 Å². The lowest BCUT2D eigenvalue weighted by Crippen LogP contribution is -2.29. The number of carbonyl (C=O) groups is 2. The molecule has 2 saturated heterocycles. The minimum absolute atomic E-state index is 0.145. The van der Waals surface area contributed by atoms with Crippen molar-refractivity contribution in [2.75, 3.05) is 24.5 Å². The molecule has 1 N–H and O–H groups in total. The molecule has 0 radical (unpaired) electrons. The third-order valence-electron chi connectivity index (χ3n) is 10.0. The molecule has 1 aliphatic carbocycles. The zero-order chi connectivity index (χ0) is 35.1. The maximum atomic E-state index is 13.1. The molecule has 4 aliphatic rings. The second-order valence-corrected chi connectivity index (χ2v) is 15.9. The van der Waals surface area contributed by atoms with Crippen LogP contribution in [0.4, 0.5) is 11.4 Å². The first-order chi connectivity index (χ1) is 24.9. The van der Waals surface area contributed by atoms with E-state index < -0.39 is 5.97 Å². The van der Waals surface area contributed by atoms with Gasteiger partial charge in [-0.25, -0.2) is 0 Å². The molecule has 0 bridgehead atoms. The van der Waals surface area contributed by atoms with E-state index in [2.05, 4.69) is 120 Å². The van der Waals surface area contributed by atoms with Crippen LogP contribution in [0.15, 0.2) is 118 Å². The maximum Gasteiger partial charge on any atom is 0.323 e. The third-order valence-corrected chi connectivity index (χ3v) is 12.8. The Hall–Kier alpha value is -4.57. The zero-order valence-corrected chi connectivity index (χ0v) is 30.6. The molecule has 4 aromatic carbocycles. The predicted molar refractivity (Wildman–Crippen MR) is 215 cm³/mol. The van der Waals surface area contributed by atoms with Gasteiger partial charge >= 0.3 is 5.97 Å². The van der Waals surface area contributed by atoms with Crippen molar-refractivity contribution in [1.29, 1.82) is 0 Å². The van der Waals surface area contributed by atoms with Crippen LogP contribution in [0.2, 0.25) is 0 Å². The molecular formula is C42H37N3O3S3. The van der Waals surface area contributed by atoms with Gasteiger partial charge in [0.05, 0.1) is 11.6 Å². The minimum Gasteiger partial charge on any atom is -0.480 e. The van der Waals surface area contributed by atoms with Crippen molar-refractivity contribution in [2.24, 2.45) is 0 Å². The van der Waals surface area contributed by atoms with Gasteiger partial charge in [-0.3, -0.25) is 14.5 Å². The van der Waals surface area contributed by atoms with Crippen molar-refractivity contribution in [3.05, 3.63) is 146 Å². The van der Waals surface area contributed by atoms with Crippen molar-refractivity contribution in [3.8, 4) is 0 Å². The normalized spacial score (nSPS) is 21.8. The number of rotatable bonds is 8. The van der Waals surface area contributed by atoms with Crippen LogP contribution in [0, 0.1) is 0 Å². The summed E-state index contributed by atoms with van der Waals surface area (Å²) in [6, 6.07) is 37.3. The van der Waals surface area contributed by atoms with Crippen molar-refractivity contribution < 1.29 is 14.7 Å². The average molecular weight is 728 g/mol.